The standard InChI is InChI=1S/C15H14Br2/c1-15(2)13(16)11-7-9-5-3-4-6-10(9)8-12(11)14(15)17/h3-8,13-14H,1-2H3/t13-,14+. The topological polar surface area (TPSA) is 0 Å². The van der Waals surface area contributed by atoms with Gasteiger partial charge in [0.25, 0.3) is 0 Å². The average molecular weight is 354 g/mol. The molecule has 2 aromatic rings. The minimum Gasteiger partial charge on any atom is -0.0832 e. The fourth-order valence-corrected chi connectivity index (χ4v) is 4.32. The molecule has 1 aliphatic rings. The van der Waals surface area contributed by atoms with Crippen molar-refractivity contribution in [2.24, 2.45) is 5.41 Å². The van der Waals surface area contributed by atoms with E-state index in [0.29, 0.717) is 9.65 Å². The zero-order chi connectivity index (χ0) is 12.2. The van der Waals surface area contributed by atoms with Crippen LogP contribution >= 0.6 is 31.9 Å². The Morgan fingerprint density at radius 2 is 1.29 bits per heavy atom. The highest BCUT2D eigenvalue weighted by Crippen LogP contribution is 2.60. The fourth-order valence-electron chi connectivity index (χ4n) is 2.64. The van der Waals surface area contributed by atoms with Crippen LogP contribution in [0.1, 0.15) is 34.6 Å². The highest BCUT2D eigenvalue weighted by Gasteiger charge is 2.44. The summed E-state index contributed by atoms with van der Waals surface area (Å²) in [6.45, 7) is 4.60. The molecule has 0 saturated carbocycles. The smallest absolute Gasteiger partial charge is 0.0463 e. The van der Waals surface area contributed by atoms with Crippen molar-refractivity contribution in [2.75, 3.05) is 0 Å². The van der Waals surface area contributed by atoms with Crippen LogP contribution in [0.25, 0.3) is 10.8 Å². The molecular weight excluding hydrogens is 340 g/mol. The first-order chi connectivity index (χ1) is 8.01. The molecule has 0 unspecified atom stereocenters. The predicted octanol–water partition coefficient (Wildman–Crippen LogP) is 5.75. The first-order valence-electron chi connectivity index (χ1n) is 5.82. The molecule has 0 saturated heterocycles. The molecule has 0 aromatic heterocycles. The maximum atomic E-state index is 3.85. The molecule has 1 aliphatic carbocycles. The average Bonchev–Trinajstić information content (AvgIpc) is 2.49. The SMILES string of the molecule is CC1(C)[C@H](Br)c2cc3ccccc3cc2[C@@H]1Br. The molecule has 88 valence electrons. The summed E-state index contributed by atoms with van der Waals surface area (Å²) in [6.07, 6.45) is 0. The fraction of sp³-hybridized carbons (Fsp3) is 0.333. The van der Waals surface area contributed by atoms with E-state index in [9.17, 15) is 0 Å². The van der Waals surface area contributed by atoms with E-state index < -0.39 is 0 Å². The number of halogens is 2. The molecule has 2 aromatic carbocycles. The molecule has 0 bridgehead atoms. The van der Waals surface area contributed by atoms with E-state index in [1.165, 1.54) is 21.9 Å². The van der Waals surface area contributed by atoms with E-state index in [1.807, 2.05) is 0 Å². The van der Waals surface area contributed by atoms with Crippen LogP contribution in [0.4, 0.5) is 0 Å². The summed E-state index contributed by atoms with van der Waals surface area (Å²) < 4.78 is 0. The summed E-state index contributed by atoms with van der Waals surface area (Å²) in [4.78, 5) is 0.831. The van der Waals surface area contributed by atoms with Crippen LogP contribution in [0.3, 0.4) is 0 Å². The normalized spacial score (nSPS) is 26.1. The third-order valence-electron chi connectivity index (χ3n) is 3.80. The first kappa shape index (κ1) is 11.7. The molecule has 0 aliphatic heterocycles. The number of benzene rings is 2. The lowest BCUT2D eigenvalue weighted by Gasteiger charge is -2.26. The number of fused-ring (bicyclic) bond motifs is 2. The maximum Gasteiger partial charge on any atom is 0.0463 e. The number of alkyl halides is 2. The number of hydrogen-bond acceptors (Lipinski definition) is 0. The van der Waals surface area contributed by atoms with E-state index in [1.54, 1.807) is 0 Å². The Labute approximate surface area is 119 Å². The molecule has 0 fully saturated rings. The summed E-state index contributed by atoms with van der Waals surface area (Å²) >= 11 is 7.71. The molecule has 0 heterocycles. The lowest BCUT2D eigenvalue weighted by Crippen LogP contribution is -2.14. The van der Waals surface area contributed by atoms with Gasteiger partial charge in [0.05, 0.1) is 0 Å². The largest absolute Gasteiger partial charge is 0.0832 e. The van der Waals surface area contributed by atoms with Gasteiger partial charge in [-0.05, 0) is 39.4 Å². The van der Waals surface area contributed by atoms with Crippen molar-refractivity contribution < 1.29 is 0 Å². The van der Waals surface area contributed by atoms with Crippen molar-refractivity contribution in [3.63, 3.8) is 0 Å². The van der Waals surface area contributed by atoms with E-state index in [2.05, 4.69) is 82.1 Å². The zero-order valence-corrected chi connectivity index (χ0v) is 13.0. The molecule has 2 heteroatoms. The second-order valence-corrected chi connectivity index (χ2v) is 7.21. The van der Waals surface area contributed by atoms with Gasteiger partial charge in [-0.15, -0.1) is 0 Å². The van der Waals surface area contributed by atoms with Crippen molar-refractivity contribution in [1.29, 1.82) is 0 Å². The molecule has 0 nitrogen and oxygen atoms in total. The summed E-state index contributed by atoms with van der Waals surface area (Å²) in [5.74, 6) is 0. The van der Waals surface area contributed by atoms with Gasteiger partial charge in [0, 0.05) is 9.65 Å². The summed E-state index contributed by atoms with van der Waals surface area (Å²) in [6, 6.07) is 13.2. The molecule has 0 N–H and O–H groups in total. The van der Waals surface area contributed by atoms with Gasteiger partial charge in [-0.25, -0.2) is 0 Å². The van der Waals surface area contributed by atoms with Gasteiger partial charge in [-0.1, -0.05) is 70.0 Å². The quantitative estimate of drug-likeness (QED) is 0.529. The van der Waals surface area contributed by atoms with Crippen LogP contribution in [0, 0.1) is 5.41 Å². The Balaban J connectivity index is 2.30. The third-order valence-corrected chi connectivity index (χ3v) is 7.15. The summed E-state index contributed by atoms with van der Waals surface area (Å²) in [5, 5.41) is 2.65. The minimum atomic E-state index is 0.208. The second kappa shape index (κ2) is 3.83. The second-order valence-electron chi connectivity index (χ2n) is 5.37. The van der Waals surface area contributed by atoms with Crippen molar-refractivity contribution in [3.05, 3.63) is 47.5 Å². The van der Waals surface area contributed by atoms with Crippen LogP contribution < -0.4 is 0 Å². The molecular formula is C15H14Br2. The third kappa shape index (κ3) is 1.61. The molecule has 0 radical (unpaired) electrons. The molecule has 2 atom stereocenters. The van der Waals surface area contributed by atoms with Crippen LogP contribution in [-0.2, 0) is 0 Å². The Morgan fingerprint density at radius 3 is 1.71 bits per heavy atom. The van der Waals surface area contributed by atoms with Crippen molar-refractivity contribution >= 4 is 42.6 Å². The Kier molecular flexibility index (Phi) is 2.64. The molecule has 0 spiro atoms. The Bertz CT molecular complexity index is 536. The van der Waals surface area contributed by atoms with Crippen molar-refractivity contribution in [3.8, 4) is 0 Å². The lowest BCUT2D eigenvalue weighted by atomic mass is 9.90. The molecule has 17 heavy (non-hydrogen) atoms. The molecule has 0 amide bonds. The lowest BCUT2D eigenvalue weighted by molar-refractivity contribution is 0.386. The van der Waals surface area contributed by atoms with Gasteiger partial charge >= 0.3 is 0 Å². The van der Waals surface area contributed by atoms with Gasteiger partial charge in [0.15, 0.2) is 0 Å². The van der Waals surface area contributed by atoms with Gasteiger partial charge in [-0.3, -0.25) is 0 Å². The van der Waals surface area contributed by atoms with E-state index in [0.717, 1.165) is 0 Å². The van der Waals surface area contributed by atoms with Gasteiger partial charge in [0.1, 0.15) is 0 Å². The van der Waals surface area contributed by atoms with Crippen LogP contribution in [0.15, 0.2) is 36.4 Å². The highest BCUT2D eigenvalue weighted by molar-refractivity contribution is 9.10. The first-order valence-corrected chi connectivity index (χ1v) is 7.65. The van der Waals surface area contributed by atoms with Gasteiger partial charge < -0.3 is 0 Å². The Morgan fingerprint density at radius 1 is 0.882 bits per heavy atom. The van der Waals surface area contributed by atoms with Gasteiger partial charge in [0.2, 0.25) is 0 Å². The minimum absolute atomic E-state index is 0.208. The van der Waals surface area contributed by atoms with Crippen molar-refractivity contribution in [1.82, 2.24) is 0 Å². The summed E-state index contributed by atoms with van der Waals surface area (Å²) in [7, 11) is 0. The van der Waals surface area contributed by atoms with Crippen molar-refractivity contribution in [2.45, 2.75) is 23.5 Å². The predicted molar refractivity (Wildman–Crippen MR) is 81.1 cm³/mol. The summed E-state index contributed by atoms with van der Waals surface area (Å²) in [5.41, 5.74) is 3.06. The van der Waals surface area contributed by atoms with E-state index in [4.69, 9.17) is 0 Å². The monoisotopic (exact) mass is 352 g/mol. The number of rotatable bonds is 0. The van der Waals surface area contributed by atoms with Crippen LogP contribution in [-0.4, -0.2) is 0 Å². The van der Waals surface area contributed by atoms with Gasteiger partial charge in [-0.2, -0.15) is 0 Å². The number of hydrogen-bond donors (Lipinski definition) is 0. The Hall–Kier alpha value is -0.340. The molecule has 3 rings (SSSR count). The zero-order valence-electron chi connectivity index (χ0n) is 9.87. The van der Waals surface area contributed by atoms with E-state index >= 15 is 0 Å². The van der Waals surface area contributed by atoms with Crippen LogP contribution in [0.5, 0.6) is 0 Å². The van der Waals surface area contributed by atoms with Crippen LogP contribution in [0.2, 0.25) is 0 Å². The highest BCUT2D eigenvalue weighted by atomic mass is 79.9. The maximum absolute atomic E-state index is 3.85. The van der Waals surface area contributed by atoms with E-state index in [-0.39, 0.29) is 5.41 Å².